The Morgan fingerprint density at radius 3 is 2.55 bits per heavy atom. The van der Waals surface area contributed by atoms with Gasteiger partial charge in [0.2, 0.25) is 0 Å². The van der Waals surface area contributed by atoms with Crippen molar-refractivity contribution < 1.29 is 5.11 Å². The van der Waals surface area contributed by atoms with Crippen molar-refractivity contribution in [2.75, 3.05) is 44.2 Å². The molecule has 0 unspecified atom stereocenters. The number of β-amino-alcohol motifs (C(OH)–C–C–N with tert-alkyl or cyclic N) is 1. The van der Waals surface area contributed by atoms with Crippen molar-refractivity contribution in [1.29, 1.82) is 0 Å². The van der Waals surface area contributed by atoms with Crippen LogP contribution in [0.25, 0.3) is 22.0 Å². The molecule has 204 valence electrons. The highest BCUT2D eigenvalue weighted by atomic mass is 35.5. The number of aryl methyl sites for hydroxylation is 1. The summed E-state index contributed by atoms with van der Waals surface area (Å²) in [5.74, 6) is 1.08. The summed E-state index contributed by atoms with van der Waals surface area (Å²) in [7, 11) is 0. The largest absolute Gasteiger partial charge is 0.389 e. The van der Waals surface area contributed by atoms with Crippen molar-refractivity contribution in [1.82, 2.24) is 30.2 Å². The van der Waals surface area contributed by atoms with E-state index in [0.717, 1.165) is 78.4 Å². The summed E-state index contributed by atoms with van der Waals surface area (Å²) in [5, 5.41) is 28.9. The second-order valence-corrected chi connectivity index (χ2v) is 13.7. The smallest absolute Gasteiger partial charge is 0.159 e. The fraction of sp³-hybridized carbons (Fsp3) is 0.655. The minimum atomic E-state index is -0.699. The van der Waals surface area contributed by atoms with Crippen LogP contribution in [-0.4, -0.2) is 80.4 Å². The average molecular weight is 538 g/mol. The number of aromatic nitrogens is 4. The van der Waals surface area contributed by atoms with E-state index in [1.165, 1.54) is 30.5 Å². The molecule has 3 aromatic rings. The van der Waals surface area contributed by atoms with Gasteiger partial charge in [-0.15, -0.1) is 0 Å². The zero-order valence-electron chi connectivity index (χ0n) is 23.1. The molecule has 0 atom stereocenters. The third kappa shape index (κ3) is 3.74. The van der Waals surface area contributed by atoms with Crippen LogP contribution in [0.3, 0.4) is 0 Å². The fourth-order valence-corrected chi connectivity index (χ4v) is 8.00. The standard InChI is InChI=1S/C29H40ClN7O/c1-18-10-22-21(13-32-33-22)24(25(18)30)23-19(2)37(20-11-28(12-20)14-31-15-28)34-26(23)36-9-8-35(16-27(3,4)38)17-29(36)6-5-7-29/h10,13,20,31,38H,5-9,11-12,14-17H2,1-4H3,(H,32,33). The Morgan fingerprint density at radius 1 is 1.16 bits per heavy atom. The molecule has 2 spiro atoms. The minimum absolute atomic E-state index is 0.0500. The van der Waals surface area contributed by atoms with Crippen molar-refractivity contribution in [3.8, 4) is 11.1 Å². The van der Waals surface area contributed by atoms with Gasteiger partial charge in [0.1, 0.15) is 0 Å². The normalized spacial score (nSPS) is 23.2. The third-order valence-electron chi connectivity index (χ3n) is 9.81. The van der Waals surface area contributed by atoms with Gasteiger partial charge in [-0.2, -0.15) is 10.2 Å². The van der Waals surface area contributed by atoms with E-state index >= 15 is 0 Å². The van der Waals surface area contributed by atoms with E-state index < -0.39 is 5.60 Å². The van der Waals surface area contributed by atoms with E-state index in [-0.39, 0.29) is 5.54 Å². The molecule has 4 fully saturated rings. The molecule has 4 heterocycles. The number of nitrogens with zero attached hydrogens (tertiary/aromatic N) is 5. The van der Waals surface area contributed by atoms with Crippen LogP contribution in [0, 0.1) is 19.3 Å². The van der Waals surface area contributed by atoms with Crippen LogP contribution in [0.4, 0.5) is 5.82 Å². The van der Waals surface area contributed by atoms with Crippen LogP contribution in [-0.2, 0) is 0 Å². The first-order valence-corrected chi connectivity index (χ1v) is 14.6. The second kappa shape index (κ2) is 8.43. The summed E-state index contributed by atoms with van der Waals surface area (Å²) in [5.41, 5.74) is 5.31. The Bertz CT molecular complexity index is 1390. The predicted molar refractivity (Wildman–Crippen MR) is 152 cm³/mol. The number of hydrogen-bond donors (Lipinski definition) is 3. The van der Waals surface area contributed by atoms with Gasteiger partial charge in [-0.1, -0.05) is 11.6 Å². The van der Waals surface area contributed by atoms with Gasteiger partial charge in [0.15, 0.2) is 5.82 Å². The minimum Gasteiger partial charge on any atom is -0.389 e. The van der Waals surface area contributed by atoms with Crippen LogP contribution < -0.4 is 10.2 Å². The maximum Gasteiger partial charge on any atom is 0.159 e. The maximum atomic E-state index is 10.5. The summed E-state index contributed by atoms with van der Waals surface area (Å²) >= 11 is 7.13. The van der Waals surface area contributed by atoms with Crippen molar-refractivity contribution in [2.24, 2.45) is 5.41 Å². The topological polar surface area (TPSA) is 85.2 Å². The first kappa shape index (κ1) is 24.9. The predicted octanol–water partition coefficient (Wildman–Crippen LogP) is 4.44. The Balaban J connectivity index is 1.35. The maximum absolute atomic E-state index is 10.5. The summed E-state index contributed by atoms with van der Waals surface area (Å²) in [6.07, 6.45) is 7.83. The molecular formula is C29H40ClN7O. The lowest BCUT2D eigenvalue weighted by molar-refractivity contribution is 0.000903. The van der Waals surface area contributed by atoms with Gasteiger partial charge in [-0.05, 0) is 76.8 Å². The highest BCUT2D eigenvalue weighted by Gasteiger charge is 2.52. The summed E-state index contributed by atoms with van der Waals surface area (Å²) in [6, 6.07) is 2.53. The zero-order chi connectivity index (χ0) is 26.4. The number of aromatic amines is 1. The van der Waals surface area contributed by atoms with Crippen molar-refractivity contribution in [3.63, 3.8) is 0 Å². The van der Waals surface area contributed by atoms with Gasteiger partial charge in [-0.25, -0.2) is 0 Å². The van der Waals surface area contributed by atoms with E-state index in [9.17, 15) is 5.11 Å². The zero-order valence-corrected chi connectivity index (χ0v) is 23.8. The number of benzene rings is 1. The van der Waals surface area contributed by atoms with E-state index in [1.807, 2.05) is 20.0 Å². The molecule has 2 saturated heterocycles. The number of piperazine rings is 1. The van der Waals surface area contributed by atoms with Gasteiger partial charge >= 0.3 is 0 Å². The number of fused-ring (bicyclic) bond motifs is 1. The lowest BCUT2D eigenvalue weighted by Crippen LogP contribution is -2.67. The van der Waals surface area contributed by atoms with Crippen LogP contribution in [0.5, 0.6) is 0 Å². The number of nitrogens with one attached hydrogen (secondary N) is 2. The van der Waals surface area contributed by atoms with Crippen molar-refractivity contribution in [3.05, 3.63) is 28.5 Å². The monoisotopic (exact) mass is 537 g/mol. The molecule has 2 saturated carbocycles. The number of rotatable bonds is 5. The lowest BCUT2D eigenvalue weighted by Gasteiger charge is -2.57. The van der Waals surface area contributed by atoms with Crippen molar-refractivity contribution in [2.45, 2.75) is 77.0 Å². The SMILES string of the molecule is Cc1cc2[nH]ncc2c(-c2c(N3CCN(CC(C)(C)O)CC34CCC4)nn(C3CC4(CNC4)C3)c2C)c1Cl. The first-order chi connectivity index (χ1) is 18.1. The molecule has 2 aliphatic heterocycles. The van der Waals surface area contributed by atoms with Crippen LogP contribution >= 0.6 is 11.6 Å². The van der Waals surface area contributed by atoms with Gasteiger partial charge in [-0.3, -0.25) is 14.7 Å². The number of aliphatic hydroxyl groups is 1. The van der Waals surface area contributed by atoms with Gasteiger partial charge in [0.25, 0.3) is 0 Å². The van der Waals surface area contributed by atoms with Crippen LogP contribution in [0.1, 0.15) is 63.3 Å². The molecule has 38 heavy (non-hydrogen) atoms. The molecule has 7 rings (SSSR count). The Labute approximate surface area is 229 Å². The van der Waals surface area contributed by atoms with E-state index in [2.05, 4.69) is 49.9 Å². The Kier molecular flexibility index (Phi) is 5.52. The van der Waals surface area contributed by atoms with Crippen LogP contribution in [0.15, 0.2) is 12.3 Å². The number of hydrogen-bond acceptors (Lipinski definition) is 6. The highest BCUT2D eigenvalue weighted by molar-refractivity contribution is 6.36. The molecule has 8 nitrogen and oxygen atoms in total. The van der Waals surface area contributed by atoms with Gasteiger partial charge < -0.3 is 15.3 Å². The second-order valence-electron chi connectivity index (χ2n) is 13.4. The number of halogens is 1. The van der Waals surface area contributed by atoms with E-state index in [1.54, 1.807) is 0 Å². The molecule has 2 aliphatic carbocycles. The molecular weight excluding hydrogens is 498 g/mol. The van der Waals surface area contributed by atoms with E-state index in [0.29, 0.717) is 18.0 Å². The Hall–Kier alpha value is -2.13. The summed E-state index contributed by atoms with van der Waals surface area (Å²) in [4.78, 5) is 5.06. The number of anilines is 1. The average Bonchev–Trinajstić information content (AvgIpc) is 3.35. The molecule has 0 bridgehead atoms. The molecule has 4 aliphatic rings. The quantitative estimate of drug-likeness (QED) is 0.446. The first-order valence-electron chi connectivity index (χ1n) is 14.2. The molecule has 2 aromatic heterocycles. The number of H-pyrrole nitrogens is 1. The molecule has 3 N–H and O–H groups in total. The molecule has 1 aromatic carbocycles. The Morgan fingerprint density at radius 2 is 1.92 bits per heavy atom. The summed E-state index contributed by atoms with van der Waals surface area (Å²) < 4.78 is 2.33. The summed E-state index contributed by atoms with van der Waals surface area (Å²) in [6.45, 7) is 13.9. The third-order valence-corrected chi connectivity index (χ3v) is 10.3. The van der Waals surface area contributed by atoms with Gasteiger partial charge in [0, 0.05) is 61.5 Å². The highest BCUT2D eigenvalue weighted by Crippen LogP contribution is 2.54. The molecule has 0 amide bonds. The molecule has 9 heteroatoms. The molecule has 0 radical (unpaired) electrons. The van der Waals surface area contributed by atoms with Crippen molar-refractivity contribution >= 4 is 28.3 Å². The fourth-order valence-electron chi connectivity index (χ4n) is 7.75. The van der Waals surface area contributed by atoms with Crippen LogP contribution in [0.2, 0.25) is 5.02 Å². The van der Waals surface area contributed by atoms with E-state index in [4.69, 9.17) is 16.7 Å². The van der Waals surface area contributed by atoms with Gasteiger partial charge in [0.05, 0.1) is 33.9 Å². The lowest BCUT2D eigenvalue weighted by atomic mass is 9.61.